The van der Waals surface area contributed by atoms with Crippen LogP contribution >= 0.6 is 0 Å². The number of rotatable bonds is 5. The Bertz CT molecular complexity index is 204. The molecule has 0 amide bonds. The van der Waals surface area contributed by atoms with Crippen molar-refractivity contribution in [2.24, 2.45) is 10.7 Å². The number of nitrogens with two attached hydrogens (primary N) is 1. The number of amidine groups is 1. The van der Waals surface area contributed by atoms with E-state index in [0.717, 1.165) is 30.5 Å². The molecule has 0 saturated carbocycles. The molecule has 68 valence electrons. The van der Waals surface area contributed by atoms with Gasteiger partial charge in [-0.2, -0.15) is 0 Å². The number of nitrogens with one attached hydrogen (secondary N) is 1. The van der Waals surface area contributed by atoms with Gasteiger partial charge >= 0.3 is 0 Å². The normalized spacial score (nSPS) is 12.2. The largest absolute Gasteiger partial charge is 0.384 e. The molecule has 0 aromatic carbocycles. The first-order valence-electron chi connectivity index (χ1n) is 4.14. The van der Waals surface area contributed by atoms with Gasteiger partial charge in [0.1, 0.15) is 5.84 Å². The second kappa shape index (κ2) is 5.52. The Hall–Kier alpha value is -1.12. The molecule has 0 radical (unpaired) electrons. The Morgan fingerprint density at radius 2 is 2.17 bits per heavy atom. The van der Waals surface area contributed by atoms with Crippen molar-refractivity contribution in [2.75, 3.05) is 0 Å². The zero-order valence-electron chi connectivity index (χ0n) is 7.85. The first-order valence-corrected chi connectivity index (χ1v) is 4.14. The molecule has 0 heterocycles. The van der Waals surface area contributed by atoms with Crippen LogP contribution in [0.1, 0.15) is 33.1 Å². The standard InChI is InChI=1S/C9H17N3/c1-4-5-6-8(12-3)7(2)9(10)11/h3-6H2,1-2H3,(H3,10,11)/b8-7-. The first kappa shape index (κ1) is 10.9. The summed E-state index contributed by atoms with van der Waals surface area (Å²) < 4.78 is 0. The maximum absolute atomic E-state index is 7.20. The Morgan fingerprint density at radius 3 is 2.50 bits per heavy atom. The van der Waals surface area contributed by atoms with E-state index in [9.17, 15) is 0 Å². The Balaban J connectivity index is 4.39. The Morgan fingerprint density at radius 1 is 1.58 bits per heavy atom. The molecule has 3 nitrogen and oxygen atoms in total. The lowest BCUT2D eigenvalue weighted by atomic mass is 10.1. The predicted octanol–water partition coefficient (Wildman–Crippen LogP) is 2.09. The van der Waals surface area contributed by atoms with E-state index in [4.69, 9.17) is 11.1 Å². The van der Waals surface area contributed by atoms with Crippen LogP contribution in [0.2, 0.25) is 0 Å². The average Bonchev–Trinajstić information content (AvgIpc) is 2.05. The summed E-state index contributed by atoms with van der Waals surface area (Å²) in [5, 5.41) is 7.20. The molecule has 0 fully saturated rings. The van der Waals surface area contributed by atoms with Crippen LogP contribution in [0.4, 0.5) is 0 Å². The van der Waals surface area contributed by atoms with Crippen LogP contribution in [0.25, 0.3) is 0 Å². The molecule has 0 aliphatic rings. The minimum atomic E-state index is 0.0912. The fourth-order valence-corrected chi connectivity index (χ4v) is 0.885. The van der Waals surface area contributed by atoms with Crippen molar-refractivity contribution < 1.29 is 0 Å². The molecule has 0 bridgehead atoms. The molecule has 0 aromatic heterocycles. The topological polar surface area (TPSA) is 62.2 Å². The fraction of sp³-hybridized carbons (Fsp3) is 0.556. The second-order valence-corrected chi connectivity index (χ2v) is 2.75. The average molecular weight is 167 g/mol. The zero-order valence-corrected chi connectivity index (χ0v) is 7.85. The van der Waals surface area contributed by atoms with Gasteiger partial charge in [-0.25, -0.2) is 0 Å². The van der Waals surface area contributed by atoms with Gasteiger partial charge < -0.3 is 5.73 Å². The molecule has 12 heavy (non-hydrogen) atoms. The van der Waals surface area contributed by atoms with Gasteiger partial charge in [-0.1, -0.05) is 13.3 Å². The van der Waals surface area contributed by atoms with E-state index < -0.39 is 0 Å². The molecule has 0 saturated heterocycles. The molecule has 0 aliphatic heterocycles. The molecular formula is C9H17N3. The van der Waals surface area contributed by atoms with Crippen LogP contribution in [0.3, 0.4) is 0 Å². The van der Waals surface area contributed by atoms with Gasteiger partial charge in [-0.05, 0) is 26.5 Å². The smallest absolute Gasteiger partial charge is 0.120 e. The zero-order chi connectivity index (χ0) is 9.56. The van der Waals surface area contributed by atoms with Crippen molar-refractivity contribution >= 4 is 12.6 Å². The lowest BCUT2D eigenvalue weighted by Gasteiger charge is -2.04. The van der Waals surface area contributed by atoms with E-state index >= 15 is 0 Å². The van der Waals surface area contributed by atoms with E-state index in [1.54, 1.807) is 0 Å². The van der Waals surface area contributed by atoms with Gasteiger partial charge in [-0.15, -0.1) is 0 Å². The van der Waals surface area contributed by atoms with Gasteiger partial charge in [0, 0.05) is 11.3 Å². The van der Waals surface area contributed by atoms with Gasteiger partial charge in [-0.3, -0.25) is 10.4 Å². The monoisotopic (exact) mass is 167 g/mol. The predicted molar refractivity (Wildman–Crippen MR) is 53.7 cm³/mol. The van der Waals surface area contributed by atoms with Crippen molar-refractivity contribution in [3.8, 4) is 0 Å². The van der Waals surface area contributed by atoms with E-state index in [-0.39, 0.29) is 5.84 Å². The lowest BCUT2D eigenvalue weighted by Crippen LogP contribution is -2.12. The van der Waals surface area contributed by atoms with Crippen molar-refractivity contribution in [2.45, 2.75) is 33.1 Å². The Labute approximate surface area is 73.9 Å². The molecule has 0 spiro atoms. The van der Waals surface area contributed by atoms with Gasteiger partial charge in [0.25, 0.3) is 0 Å². The molecular weight excluding hydrogens is 150 g/mol. The summed E-state index contributed by atoms with van der Waals surface area (Å²) in [6.07, 6.45) is 3.05. The van der Waals surface area contributed by atoms with Gasteiger partial charge in [0.15, 0.2) is 0 Å². The minimum absolute atomic E-state index is 0.0912. The molecule has 3 heteroatoms. The maximum atomic E-state index is 7.20. The van der Waals surface area contributed by atoms with Crippen LogP contribution in [-0.4, -0.2) is 12.6 Å². The summed E-state index contributed by atoms with van der Waals surface area (Å²) in [5.41, 5.74) is 6.92. The number of unbranched alkanes of at least 4 members (excludes halogenated alkanes) is 1. The minimum Gasteiger partial charge on any atom is -0.384 e. The fourth-order valence-electron chi connectivity index (χ4n) is 0.885. The second-order valence-electron chi connectivity index (χ2n) is 2.75. The Kier molecular flexibility index (Phi) is 5.00. The third-order valence-electron chi connectivity index (χ3n) is 1.79. The highest BCUT2D eigenvalue weighted by Gasteiger charge is 2.01. The SMILES string of the molecule is C=N/C(CCCC)=C(/C)C(=N)N. The van der Waals surface area contributed by atoms with Crippen molar-refractivity contribution in [1.29, 1.82) is 5.41 Å². The summed E-state index contributed by atoms with van der Waals surface area (Å²) >= 11 is 0. The van der Waals surface area contributed by atoms with Crippen molar-refractivity contribution in [3.63, 3.8) is 0 Å². The summed E-state index contributed by atoms with van der Waals surface area (Å²) in [7, 11) is 0. The third-order valence-corrected chi connectivity index (χ3v) is 1.79. The molecule has 0 atom stereocenters. The lowest BCUT2D eigenvalue weighted by molar-refractivity contribution is 0.778. The third kappa shape index (κ3) is 3.32. The van der Waals surface area contributed by atoms with Crippen LogP contribution in [0.5, 0.6) is 0 Å². The summed E-state index contributed by atoms with van der Waals surface area (Å²) in [4.78, 5) is 3.86. The number of nitrogens with zero attached hydrogens (tertiary/aromatic N) is 1. The number of allylic oxidation sites excluding steroid dienone is 1. The number of aliphatic imine (C=N–C) groups is 1. The van der Waals surface area contributed by atoms with Crippen molar-refractivity contribution in [1.82, 2.24) is 0 Å². The summed E-state index contributed by atoms with van der Waals surface area (Å²) in [6.45, 7) is 7.38. The van der Waals surface area contributed by atoms with Gasteiger partial charge in [0.2, 0.25) is 0 Å². The number of hydrogen-bond donors (Lipinski definition) is 2. The van der Waals surface area contributed by atoms with Crippen molar-refractivity contribution in [3.05, 3.63) is 11.3 Å². The molecule has 3 N–H and O–H groups in total. The highest BCUT2D eigenvalue weighted by atomic mass is 14.8. The maximum Gasteiger partial charge on any atom is 0.120 e. The highest BCUT2D eigenvalue weighted by molar-refractivity contribution is 5.94. The van der Waals surface area contributed by atoms with Gasteiger partial charge in [0.05, 0.1) is 0 Å². The van der Waals surface area contributed by atoms with E-state index in [1.807, 2.05) is 6.92 Å². The molecule has 0 aliphatic carbocycles. The van der Waals surface area contributed by atoms with E-state index in [1.165, 1.54) is 0 Å². The van der Waals surface area contributed by atoms with Crippen LogP contribution in [0, 0.1) is 5.41 Å². The van der Waals surface area contributed by atoms with E-state index in [2.05, 4.69) is 18.6 Å². The first-order chi connectivity index (χ1) is 5.63. The molecule has 0 rings (SSSR count). The van der Waals surface area contributed by atoms with Crippen LogP contribution in [-0.2, 0) is 0 Å². The van der Waals surface area contributed by atoms with Crippen LogP contribution in [0.15, 0.2) is 16.3 Å². The number of hydrogen-bond acceptors (Lipinski definition) is 2. The molecule has 0 aromatic rings. The quantitative estimate of drug-likeness (QED) is 0.478. The molecule has 0 unspecified atom stereocenters. The van der Waals surface area contributed by atoms with E-state index in [0.29, 0.717) is 0 Å². The summed E-state index contributed by atoms with van der Waals surface area (Å²) in [5.74, 6) is 0.0912. The van der Waals surface area contributed by atoms with Crippen LogP contribution < -0.4 is 5.73 Å². The summed E-state index contributed by atoms with van der Waals surface area (Å²) in [6, 6.07) is 0. The highest BCUT2D eigenvalue weighted by Crippen LogP contribution is 2.12.